The number of hydrogen-bond acceptors (Lipinski definition) is 4. The van der Waals surface area contributed by atoms with E-state index >= 15 is 0 Å². The summed E-state index contributed by atoms with van der Waals surface area (Å²) in [6.07, 6.45) is -0.803. The number of carbonyl (C=O) groups is 1. The molecule has 23 heavy (non-hydrogen) atoms. The van der Waals surface area contributed by atoms with Crippen LogP contribution in [0.3, 0.4) is 0 Å². The van der Waals surface area contributed by atoms with Crippen LogP contribution in [0.5, 0.6) is 0 Å². The molecule has 0 aliphatic carbocycles. The smallest absolute Gasteiger partial charge is 0.255 e. The van der Waals surface area contributed by atoms with Gasteiger partial charge in [-0.05, 0) is 61.4 Å². The lowest BCUT2D eigenvalue weighted by Gasteiger charge is -2.11. The molecule has 0 radical (unpaired) electrons. The lowest BCUT2D eigenvalue weighted by atomic mass is 10.1. The van der Waals surface area contributed by atoms with Crippen molar-refractivity contribution in [2.24, 2.45) is 0 Å². The Hall–Kier alpha value is -2.37. The molecular formula is C18H22N2O3. The SMILES string of the molecule is Cc1cc(C)cc(NC(=O)c2ccc(NCC(O)CO)cc2)c1. The Kier molecular flexibility index (Phi) is 5.73. The standard InChI is InChI=1S/C18H22N2O3/c1-12-7-13(2)9-16(8-12)20-18(23)14-3-5-15(6-4-14)19-10-17(22)11-21/h3-9,17,19,21-22H,10-11H2,1-2H3,(H,20,23). The lowest BCUT2D eigenvalue weighted by molar-refractivity contribution is 0.102. The van der Waals surface area contributed by atoms with Crippen molar-refractivity contribution in [3.63, 3.8) is 0 Å². The molecule has 0 aliphatic rings. The van der Waals surface area contributed by atoms with Gasteiger partial charge in [0.25, 0.3) is 5.91 Å². The van der Waals surface area contributed by atoms with Crippen molar-refractivity contribution < 1.29 is 15.0 Å². The molecule has 122 valence electrons. The second-order valence-electron chi connectivity index (χ2n) is 5.63. The summed E-state index contributed by atoms with van der Waals surface area (Å²) in [6, 6.07) is 12.9. The van der Waals surface area contributed by atoms with Crippen molar-refractivity contribution >= 4 is 17.3 Å². The maximum absolute atomic E-state index is 12.3. The molecule has 1 unspecified atom stereocenters. The molecule has 0 fully saturated rings. The second-order valence-corrected chi connectivity index (χ2v) is 5.63. The predicted molar refractivity (Wildman–Crippen MR) is 91.9 cm³/mol. The fourth-order valence-electron chi connectivity index (χ4n) is 2.29. The van der Waals surface area contributed by atoms with Gasteiger partial charge >= 0.3 is 0 Å². The summed E-state index contributed by atoms with van der Waals surface area (Å²) in [5, 5.41) is 23.9. The van der Waals surface area contributed by atoms with E-state index in [0.717, 1.165) is 22.5 Å². The van der Waals surface area contributed by atoms with Gasteiger partial charge in [0.1, 0.15) is 0 Å². The number of nitrogens with one attached hydrogen (secondary N) is 2. The summed E-state index contributed by atoms with van der Waals surface area (Å²) in [6.45, 7) is 3.95. The minimum Gasteiger partial charge on any atom is -0.394 e. The van der Waals surface area contributed by atoms with E-state index in [1.807, 2.05) is 26.0 Å². The number of rotatable bonds is 6. The van der Waals surface area contributed by atoms with Gasteiger partial charge in [0.2, 0.25) is 0 Å². The highest BCUT2D eigenvalue weighted by Gasteiger charge is 2.07. The zero-order chi connectivity index (χ0) is 16.8. The Morgan fingerprint density at radius 3 is 2.22 bits per heavy atom. The molecule has 2 aromatic carbocycles. The van der Waals surface area contributed by atoms with E-state index in [9.17, 15) is 9.90 Å². The molecule has 0 heterocycles. The van der Waals surface area contributed by atoms with Crippen LogP contribution in [0.15, 0.2) is 42.5 Å². The monoisotopic (exact) mass is 314 g/mol. The minimum atomic E-state index is -0.803. The topological polar surface area (TPSA) is 81.6 Å². The third-order valence-electron chi connectivity index (χ3n) is 3.38. The van der Waals surface area contributed by atoms with Gasteiger partial charge in [-0.25, -0.2) is 0 Å². The molecule has 5 nitrogen and oxygen atoms in total. The molecule has 0 saturated heterocycles. The average molecular weight is 314 g/mol. The third kappa shape index (κ3) is 5.09. The van der Waals surface area contributed by atoms with E-state index in [2.05, 4.69) is 16.7 Å². The molecule has 1 amide bonds. The summed E-state index contributed by atoms with van der Waals surface area (Å²) in [7, 11) is 0. The zero-order valence-corrected chi connectivity index (χ0v) is 13.3. The molecule has 0 bridgehead atoms. The van der Waals surface area contributed by atoms with Crippen molar-refractivity contribution in [3.8, 4) is 0 Å². The van der Waals surface area contributed by atoms with Crippen molar-refractivity contribution in [3.05, 3.63) is 59.2 Å². The fraction of sp³-hybridized carbons (Fsp3) is 0.278. The highest BCUT2D eigenvalue weighted by Crippen LogP contribution is 2.16. The molecule has 0 aromatic heterocycles. The van der Waals surface area contributed by atoms with Crippen LogP contribution >= 0.6 is 0 Å². The fourth-order valence-corrected chi connectivity index (χ4v) is 2.29. The lowest BCUT2D eigenvalue weighted by Crippen LogP contribution is -2.22. The van der Waals surface area contributed by atoms with Crippen LogP contribution in [0.2, 0.25) is 0 Å². The molecule has 2 aromatic rings. The third-order valence-corrected chi connectivity index (χ3v) is 3.38. The van der Waals surface area contributed by atoms with Gasteiger partial charge in [-0.1, -0.05) is 6.07 Å². The summed E-state index contributed by atoms with van der Waals surface area (Å²) in [4.78, 5) is 12.3. The van der Waals surface area contributed by atoms with Crippen LogP contribution in [-0.4, -0.2) is 35.4 Å². The summed E-state index contributed by atoms with van der Waals surface area (Å²) >= 11 is 0. The van der Waals surface area contributed by atoms with Crippen LogP contribution in [0.4, 0.5) is 11.4 Å². The molecule has 2 rings (SSSR count). The molecule has 0 spiro atoms. The van der Waals surface area contributed by atoms with E-state index in [1.54, 1.807) is 24.3 Å². The van der Waals surface area contributed by atoms with E-state index in [4.69, 9.17) is 5.11 Å². The van der Waals surface area contributed by atoms with Gasteiger partial charge in [0.15, 0.2) is 0 Å². The first-order valence-electron chi connectivity index (χ1n) is 7.50. The van der Waals surface area contributed by atoms with Gasteiger partial charge in [-0.15, -0.1) is 0 Å². The van der Waals surface area contributed by atoms with Crippen molar-refractivity contribution in [1.29, 1.82) is 0 Å². The van der Waals surface area contributed by atoms with Crippen LogP contribution in [0.1, 0.15) is 21.5 Å². The normalized spacial score (nSPS) is 11.8. The molecule has 4 N–H and O–H groups in total. The van der Waals surface area contributed by atoms with Crippen molar-refractivity contribution in [2.45, 2.75) is 20.0 Å². The maximum Gasteiger partial charge on any atom is 0.255 e. The Morgan fingerprint density at radius 1 is 1.04 bits per heavy atom. The first kappa shape index (κ1) is 17.0. The van der Waals surface area contributed by atoms with Gasteiger partial charge < -0.3 is 20.8 Å². The minimum absolute atomic E-state index is 0.169. The van der Waals surface area contributed by atoms with E-state index in [0.29, 0.717) is 5.56 Å². The first-order chi connectivity index (χ1) is 11.0. The predicted octanol–water partition coefficient (Wildman–Crippen LogP) is 2.32. The average Bonchev–Trinajstić information content (AvgIpc) is 2.52. The summed E-state index contributed by atoms with van der Waals surface area (Å²) < 4.78 is 0. The number of aliphatic hydroxyl groups excluding tert-OH is 2. The van der Waals surface area contributed by atoms with E-state index in [-0.39, 0.29) is 19.1 Å². The highest BCUT2D eigenvalue weighted by atomic mass is 16.3. The molecular weight excluding hydrogens is 292 g/mol. The summed E-state index contributed by atoms with van der Waals surface area (Å²) in [5.74, 6) is -0.169. The number of aryl methyl sites for hydroxylation is 2. The molecule has 0 aliphatic heterocycles. The Bertz CT molecular complexity index is 648. The number of anilines is 2. The Balaban J connectivity index is 1.99. The van der Waals surface area contributed by atoms with Crippen LogP contribution in [0, 0.1) is 13.8 Å². The van der Waals surface area contributed by atoms with Crippen molar-refractivity contribution in [2.75, 3.05) is 23.8 Å². The zero-order valence-electron chi connectivity index (χ0n) is 13.3. The first-order valence-corrected chi connectivity index (χ1v) is 7.50. The van der Waals surface area contributed by atoms with Gasteiger partial charge in [0, 0.05) is 23.5 Å². The summed E-state index contributed by atoms with van der Waals surface area (Å²) in [5.41, 5.74) is 4.31. The van der Waals surface area contributed by atoms with Gasteiger partial charge in [-0.3, -0.25) is 4.79 Å². The molecule has 5 heteroatoms. The Morgan fingerprint density at radius 2 is 1.65 bits per heavy atom. The van der Waals surface area contributed by atoms with Gasteiger partial charge in [0.05, 0.1) is 12.7 Å². The van der Waals surface area contributed by atoms with Crippen LogP contribution in [0.25, 0.3) is 0 Å². The number of hydrogen-bond donors (Lipinski definition) is 4. The highest BCUT2D eigenvalue weighted by molar-refractivity contribution is 6.04. The maximum atomic E-state index is 12.3. The van der Waals surface area contributed by atoms with Crippen LogP contribution in [-0.2, 0) is 0 Å². The molecule has 0 saturated carbocycles. The second kappa shape index (κ2) is 7.76. The van der Waals surface area contributed by atoms with Gasteiger partial charge in [-0.2, -0.15) is 0 Å². The number of benzene rings is 2. The number of amides is 1. The van der Waals surface area contributed by atoms with Crippen molar-refractivity contribution in [1.82, 2.24) is 0 Å². The number of aliphatic hydroxyl groups is 2. The Labute approximate surface area is 136 Å². The quantitative estimate of drug-likeness (QED) is 0.659. The molecule has 1 atom stereocenters. The van der Waals surface area contributed by atoms with E-state index < -0.39 is 6.10 Å². The largest absolute Gasteiger partial charge is 0.394 e. The number of carbonyl (C=O) groups excluding carboxylic acids is 1. The van der Waals surface area contributed by atoms with Crippen LogP contribution < -0.4 is 10.6 Å². The van der Waals surface area contributed by atoms with E-state index in [1.165, 1.54) is 0 Å².